The van der Waals surface area contributed by atoms with Gasteiger partial charge in [0.2, 0.25) is 0 Å². The van der Waals surface area contributed by atoms with Gasteiger partial charge >= 0.3 is 12.3 Å². The molecule has 0 fully saturated rings. The Morgan fingerprint density at radius 3 is 2.42 bits per heavy atom. The zero-order valence-electron chi connectivity index (χ0n) is 12.6. The van der Waals surface area contributed by atoms with Crippen LogP contribution in [0.15, 0.2) is 12.3 Å². The van der Waals surface area contributed by atoms with Crippen LogP contribution in [0.1, 0.15) is 16.1 Å². The van der Waals surface area contributed by atoms with E-state index in [1.165, 1.54) is 0 Å². The van der Waals surface area contributed by atoms with E-state index in [2.05, 4.69) is 9.47 Å². The second-order valence-electron chi connectivity index (χ2n) is 4.66. The SMILES string of the molecule is COC(=O)c1c(N)c(C#N)cn1-c1c(Cl)cc(OC(F)(F)F)c(Cl)c1Cl. The minimum absolute atomic E-state index is 0.107. The van der Waals surface area contributed by atoms with Crippen LogP contribution >= 0.6 is 34.8 Å². The summed E-state index contributed by atoms with van der Waals surface area (Å²) in [5.74, 6) is -1.76. The summed E-state index contributed by atoms with van der Waals surface area (Å²) >= 11 is 17.9. The Morgan fingerprint density at radius 1 is 1.31 bits per heavy atom. The summed E-state index contributed by atoms with van der Waals surface area (Å²) in [6.07, 6.45) is -3.91. The number of carbonyl (C=O) groups excluding carboxylic acids is 1. The molecule has 0 atom stereocenters. The number of halogens is 6. The number of nitriles is 1. The predicted octanol–water partition coefficient (Wildman–Crippen LogP) is 4.58. The largest absolute Gasteiger partial charge is 0.573 e. The number of aromatic nitrogens is 1. The molecule has 0 spiro atoms. The number of nitrogens with zero attached hydrogens (tertiary/aromatic N) is 2. The van der Waals surface area contributed by atoms with Crippen molar-refractivity contribution in [3.8, 4) is 17.5 Å². The molecule has 138 valence electrons. The highest BCUT2D eigenvalue weighted by Crippen LogP contribution is 2.44. The Labute approximate surface area is 159 Å². The topological polar surface area (TPSA) is 90.3 Å². The molecule has 1 heterocycles. The van der Waals surface area contributed by atoms with E-state index in [-0.39, 0.29) is 27.7 Å². The molecule has 0 radical (unpaired) electrons. The molecular weight excluding hydrogens is 422 g/mol. The third kappa shape index (κ3) is 3.62. The van der Waals surface area contributed by atoms with Crippen molar-refractivity contribution < 1.29 is 27.4 Å². The summed E-state index contributed by atoms with van der Waals surface area (Å²) in [5, 5.41) is 7.68. The molecule has 0 unspecified atom stereocenters. The maximum Gasteiger partial charge on any atom is 0.573 e. The Morgan fingerprint density at radius 2 is 1.92 bits per heavy atom. The molecule has 0 aliphatic carbocycles. The molecule has 0 aliphatic rings. The molecule has 26 heavy (non-hydrogen) atoms. The number of ether oxygens (including phenoxy) is 2. The van der Waals surface area contributed by atoms with E-state index in [0.29, 0.717) is 0 Å². The fourth-order valence-electron chi connectivity index (χ4n) is 2.07. The highest BCUT2D eigenvalue weighted by Gasteiger charge is 2.34. The molecule has 6 nitrogen and oxygen atoms in total. The summed E-state index contributed by atoms with van der Waals surface area (Å²) in [6, 6.07) is 2.52. The second kappa shape index (κ2) is 7.15. The van der Waals surface area contributed by atoms with Gasteiger partial charge in [-0.25, -0.2) is 4.79 Å². The third-order valence-electron chi connectivity index (χ3n) is 3.11. The van der Waals surface area contributed by atoms with Gasteiger partial charge < -0.3 is 19.8 Å². The number of alkyl halides is 3. The first-order valence-corrected chi connectivity index (χ1v) is 7.58. The number of carbonyl (C=O) groups is 1. The quantitative estimate of drug-likeness (QED) is 0.571. The lowest BCUT2D eigenvalue weighted by Gasteiger charge is -2.17. The smallest absolute Gasteiger partial charge is 0.464 e. The summed E-state index contributed by atoms with van der Waals surface area (Å²) < 4.78 is 46.7. The first-order valence-electron chi connectivity index (χ1n) is 6.44. The zero-order chi connectivity index (χ0) is 19.8. The number of hydrogen-bond donors (Lipinski definition) is 1. The molecule has 1 aromatic heterocycles. The highest BCUT2D eigenvalue weighted by atomic mass is 35.5. The van der Waals surface area contributed by atoms with Crippen LogP contribution in [-0.2, 0) is 4.74 Å². The summed E-state index contributed by atoms with van der Waals surface area (Å²) in [6.45, 7) is 0. The summed E-state index contributed by atoms with van der Waals surface area (Å²) in [5.41, 5.74) is 4.94. The van der Waals surface area contributed by atoms with Crippen molar-refractivity contribution in [1.29, 1.82) is 5.26 Å². The fourth-order valence-corrected chi connectivity index (χ4v) is 2.88. The molecule has 0 saturated carbocycles. The van der Waals surface area contributed by atoms with E-state index < -0.39 is 28.1 Å². The lowest BCUT2D eigenvalue weighted by molar-refractivity contribution is -0.274. The van der Waals surface area contributed by atoms with E-state index in [0.717, 1.165) is 23.9 Å². The van der Waals surface area contributed by atoms with Crippen LogP contribution in [0.3, 0.4) is 0 Å². The zero-order valence-corrected chi connectivity index (χ0v) is 14.9. The van der Waals surface area contributed by atoms with Gasteiger partial charge in [0.15, 0.2) is 11.4 Å². The molecule has 1 aromatic carbocycles. The Balaban J connectivity index is 2.77. The number of nitrogen functional groups attached to an aromatic ring is 1. The molecule has 2 aromatic rings. The Bertz CT molecular complexity index is 936. The van der Waals surface area contributed by atoms with Gasteiger partial charge in [-0.2, -0.15) is 5.26 Å². The van der Waals surface area contributed by atoms with Crippen molar-refractivity contribution in [3.63, 3.8) is 0 Å². The van der Waals surface area contributed by atoms with E-state index in [1.807, 2.05) is 0 Å². The molecular formula is C14H7Cl3F3N3O3. The number of anilines is 1. The van der Waals surface area contributed by atoms with Crippen LogP contribution in [0.4, 0.5) is 18.9 Å². The summed E-state index contributed by atoms with van der Waals surface area (Å²) in [7, 11) is 1.07. The van der Waals surface area contributed by atoms with Crippen molar-refractivity contribution in [2.24, 2.45) is 0 Å². The van der Waals surface area contributed by atoms with E-state index in [4.69, 9.17) is 45.8 Å². The van der Waals surface area contributed by atoms with Crippen molar-refractivity contribution >= 4 is 46.5 Å². The maximum atomic E-state index is 12.4. The van der Waals surface area contributed by atoms with Crippen LogP contribution in [0.2, 0.25) is 15.1 Å². The molecule has 0 saturated heterocycles. The Hall–Kier alpha value is -2.28. The van der Waals surface area contributed by atoms with Gasteiger partial charge in [0.1, 0.15) is 11.1 Å². The number of esters is 1. The molecule has 0 amide bonds. The van der Waals surface area contributed by atoms with Gasteiger partial charge in [-0.1, -0.05) is 34.8 Å². The van der Waals surface area contributed by atoms with Crippen molar-refractivity contribution in [1.82, 2.24) is 4.57 Å². The van der Waals surface area contributed by atoms with Gasteiger partial charge in [0.25, 0.3) is 0 Å². The number of benzene rings is 1. The van der Waals surface area contributed by atoms with Gasteiger partial charge in [-0.3, -0.25) is 0 Å². The number of hydrogen-bond acceptors (Lipinski definition) is 5. The normalized spacial score (nSPS) is 11.2. The van der Waals surface area contributed by atoms with Crippen LogP contribution in [0.5, 0.6) is 5.75 Å². The average molecular weight is 429 g/mol. The molecule has 12 heteroatoms. The number of rotatable bonds is 3. The average Bonchev–Trinajstić information content (AvgIpc) is 2.86. The molecule has 2 rings (SSSR count). The third-order valence-corrected chi connectivity index (χ3v) is 4.24. The van der Waals surface area contributed by atoms with Gasteiger partial charge in [-0.15, -0.1) is 13.2 Å². The molecule has 0 aliphatic heterocycles. The van der Waals surface area contributed by atoms with Crippen LogP contribution in [0, 0.1) is 11.3 Å². The predicted molar refractivity (Wildman–Crippen MR) is 87.9 cm³/mol. The van der Waals surface area contributed by atoms with E-state index >= 15 is 0 Å². The maximum absolute atomic E-state index is 12.4. The second-order valence-corrected chi connectivity index (χ2v) is 5.82. The lowest BCUT2D eigenvalue weighted by atomic mass is 10.2. The minimum Gasteiger partial charge on any atom is -0.464 e. The lowest BCUT2D eigenvalue weighted by Crippen LogP contribution is -2.18. The molecule has 2 N–H and O–H groups in total. The van der Waals surface area contributed by atoms with E-state index in [1.54, 1.807) is 6.07 Å². The Kier molecular flexibility index (Phi) is 5.51. The van der Waals surface area contributed by atoms with Crippen molar-refractivity contribution in [2.75, 3.05) is 12.8 Å². The summed E-state index contributed by atoms with van der Waals surface area (Å²) in [4.78, 5) is 12.0. The molecule has 0 bridgehead atoms. The first-order chi connectivity index (χ1) is 12.0. The number of methoxy groups -OCH3 is 1. The van der Waals surface area contributed by atoms with Crippen molar-refractivity contribution in [2.45, 2.75) is 6.36 Å². The van der Waals surface area contributed by atoms with Crippen LogP contribution < -0.4 is 10.5 Å². The minimum atomic E-state index is -5.03. The van der Waals surface area contributed by atoms with Crippen LogP contribution in [-0.4, -0.2) is 24.0 Å². The first kappa shape index (κ1) is 20.0. The van der Waals surface area contributed by atoms with Crippen molar-refractivity contribution in [3.05, 3.63) is 38.6 Å². The van der Waals surface area contributed by atoms with Gasteiger partial charge in [-0.05, 0) is 0 Å². The van der Waals surface area contributed by atoms with Gasteiger partial charge in [0, 0.05) is 12.3 Å². The fraction of sp³-hybridized carbons (Fsp3) is 0.143. The van der Waals surface area contributed by atoms with E-state index in [9.17, 15) is 18.0 Å². The number of nitrogens with two attached hydrogens (primary N) is 1. The highest BCUT2D eigenvalue weighted by molar-refractivity contribution is 6.46. The standard InChI is InChI=1S/C14H7Cl3F3N3O3/c1-25-13(24)12-10(22)5(3-21)4-23(12)11-6(15)2-7(8(16)9(11)17)26-14(18,19)20/h2,4H,22H2,1H3. The van der Waals surface area contributed by atoms with Crippen LogP contribution in [0.25, 0.3) is 5.69 Å². The van der Waals surface area contributed by atoms with Gasteiger partial charge in [0.05, 0.1) is 34.1 Å². The monoisotopic (exact) mass is 427 g/mol.